The Kier molecular flexibility index (Phi) is 5.81. The maximum absolute atomic E-state index is 12.5. The lowest BCUT2D eigenvalue weighted by atomic mass is 10.2. The largest absolute Gasteiger partial charge is 0.493 e. The van der Waals surface area contributed by atoms with Gasteiger partial charge in [0.2, 0.25) is 5.89 Å². The van der Waals surface area contributed by atoms with Gasteiger partial charge < -0.3 is 19.2 Å². The standard InChI is InChI=1S/C23H19N3O4S/c1-28-19-12-9-15(13-20(19)29-2)21(27)26-23(31)24-16-10-7-14(8-11-16)22-25-17-5-3-4-6-18(17)30-22/h3-13H,1-2H3,(H2,24,26,27,31). The topological polar surface area (TPSA) is 85.6 Å². The molecule has 0 saturated carbocycles. The maximum atomic E-state index is 12.5. The molecule has 1 heterocycles. The number of anilines is 1. The van der Waals surface area contributed by atoms with Gasteiger partial charge >= 0.3 is 0 Å². The molecular weight excluding hydrogens is 414 g/mol. The SMILES string of the molecule is COc1ccc(C(=O)NC(=S)Nc2ccc(-c3nc4ccccc4o3)cc2)cc1OC. The number of rotatable bonds is 5. The minimum absolute atomic E-state index is 0.175. The van der Waals surface area contributed by atoms with E-state index >= 15 is 0 Å². The lowest BCUT2D eigenvalue weighted by Crippen LogP contribution is -2.34. The zero-order valence-corrected chi connectivity index (χ0v) is 17.7. The zero-order valence-electron chi connectivity index (χ0n) is 16.8. The molecule has 4 rings (SSSR count). The molecule has 0 aliphatic carbocycles. The summed E-state index contributed by atoms with van der Waals surface area (Å²) in [5.74, 6) is 1.18. The number of ether oxygens (including phenoxy) is 2. The van der Waals surface area contributed by atoms with Crippen molar-refractivity contribution in [2.45, 2.75) is 0 Å². The molecule has 31 heavy (non-hydrogen) atoms. The number of thiocarbonyl (C=S) groups is 1. The summed E-state index contributed by atoms with van der Waals surface area (Å²) < 4.78 is 16.2. The summed E-state index contributed by atoms with van der Waals surface area (Å²) in [7, 11) is 3.04. The van der Waals surface area contributed by atoms with E-state index in [1.54, 1.807) is 18.2 Å². The number of oxazole rings is 1. The van der Waals surface area contributed by atoms with E-state index in [-0.39, 0.29) is 11.0 Å². The van der Waals surface area contributed by atoms with Crippen molar-refractivity contribution < 1.29 is 18.7 Å². The van der Waals surface area contributed by atoms with Crippen LogP contribution in [0.1, 0.15) is 10.4 Å². The van der Waals surface area contributed by atoms with Gasteiger partial charge in [-0.15, -0.1) is 0 Å². The van der Waals surface area contributed by atoms with Crippen LogP contribution in [-0.4, -0.2) is 30.2 Å². The highest BCUT2D eigenvalue weighted by Crippen LogP contribution is 2.28. The first-order chi connectivity index (χ1) is 15.1. The van der Waals surface area contributed by atoms with Crippen LogP contribution < -0.4 is 20.1 Å². The van der Waals surface area contributed by atoms with Gasteiger partial charge in [-0.05, 0) is 66.8 Å². The van der Waals surface area contributed by atoms with Crippen LogP contribution in [0.2, 0.25) is 0 Å². The zero-order chi connectivity index (χ0) is 21.8. The van der Waals surface area contributed by atoms with Crippen LogP contribution in [0.4, 0.5) is 5.69 Å². The Labute approximate surface area is 184 Å². The summed E-state index contributed by atoms with van der Waals surface area (Å²) in [6, 6.07) is 19.9. The fourth-order valence-corrected chi connectivity index (χ4v) is 3.22. The first-order valence-corrected chi connectivity index (χ1v) is 9.78. The molecule has 0 atom stereocenters. The smallest absolute Gasteiger partial charge is 0.257 e. The van der Waals surface area contributed by atoms with E-state index in [0.29, 0.717) is 23.0 Å². The lowest BCUT2D eigenvalue weighted by molar-refractivity contribution is 0.0977. The monoisotopic (exact) mass is 433 g/mol. The van der Waals surface area contributed by atoms with Gasteiger partial charge in [-0.25, -0.2) is 4.98 Å². The number of fused-ring (bicyclic) bond motifs is 1. The van der Waals surface area contributed by atoms with E-state index in [9.17, 15) is 4.79 Å². The van der Waals surface area contributed by atoms with Crippen LogP contribution in [0.5, 0.6) is 11.5 Å². The van der Waals surface area contributed by atoms with Crippen LogP contribution in [0.25, 0.3) is 22.6 Å². The highest BCUT2D eigenvalue weighted by atomic mass is 32.1. The third-order valence-electron chi connectivity index (χ3n) is 4.56. The van der Waals surface area contributed by atoms with Crippen molar-refractivity contribution in [3.63, 3.8) is 0 Å². The Morgan fingerprint density at radius 1 is 0.968 bits per heavy atom. The molecular formula is C23H19N3O4S. The summed E-state index contributed by atoms with van der Waals surface area (Å²) in [6.07, 6.45) is 0. The van der Waals surface area contributed by atoms with Gasteiger partial charge in [0, 0.05) is 16.8 Å². The number of benzene rings is 3. The molecule has 3 aromatic carbocycles. The number of aromatic nitrogens is 1. The van der Waals surface area contributed by atoms with Crippen molar-refractivity contribution in [3.8, 4) is 23.0 Å². The number of amides is 1. The molecule has 0 radical (unpaired) electrons. The van der Waals surface area contributed by atoms with Crippen molar-refractivity contribution in [2.24, 2.45) is 0 Å². The predicted molar refractivity (Wildman–Crippen MR) is 123 cm³/mol. The first-order valence-electron chi connectivity index (χ1n) is 9.38. The number of carbonyl (C=O) groups excluding carboxylic acids is 1. The van der Waals surface area contributed by atoms with Gasteiger partial charge in [0.1, 0.15) is 5.52 Å². The Morgan fingerprint density at radius 2 is 1.71 bits per heavy atom. The minimum Gasteiger partial charge on any atom is -0.493 e. The van der Waals surface area contributed by atoms with Gasteiger partial charge in [-0.3, -0.25) is 10.1 Å². The van der Waals surface area contributed by atoms with Crippen LogP contribution in [-0.2, 0) is 0 Å². The molecule has 0 saturated heterocycles. The molecule has 8 heteroatoms. The van der Waals surface area contributed by atoms with Crippen molar-refractivity contribution in [1.82, 2.24) is 10.3 Å². The minimum atomic E-state index is -0.360. The van der Waals surface area contributed by atoms with Gasteiger partial charge in [-0.1, -0.05) is 12.1 Å². The molecule has 1 amide bonds. The van der Waals surface area contributed by atoms with Gasteiger partial charge in [0.15, 0.2) is 22.2 Å². The third kappa shape index (κ3) is 4.49. The number of nitrogens with one attached hydrogen (secondary N) is 2. The number of methoxy groups -OCH3 is 2. The van der Waals surface area contributed by atoms with Crippen molar-refractivity contribution in [2.75, 3.05) is 19.5 Å². The van der Waals surface area contributed by atoms with Crippen LogP contribution in [0.3, 0.4) is 0 Å². The summed E-state index contributed by atoms with van der Waals surface area (Å²) >= 11 is 5.26. The van der Waals surface area contributed by atoms with Crippen molar-refractivity contribution in [3.05, 3.63) is 72.3 Å². The van der Waals surface area contributed by atoms with E-state index in [0.717, 1.165) is 22.4 Å². The Hall–Kier alpha value is -3.91. The third-order valence-corrected chi connectivity index (χ3v) is 4.76. The predicted octanol–water partition coefficient (Wildman–Crippen LogP) is 4.64. The van der Waals surface area contributed by atoms with Crippen LogP contribution in [0.15, 0.2) is 71.1 Å². The average molecular weight is 433 g/mol. The number of hydrogen-bond acceptors (Lipinski definition) is 6. The second-order valence-electron chi connectivity index (χ2n) is 6.54. The maximum Gasteiger partial charge on any atom is 0.257 e. The molecule has 0 aliphatic heterocycles. The summed E-state index contributed by atoms with van der Waals surface area (Å²) in [4.78, 5) is 17.0. The van der Waals surface area contributed by atoms with Crippen molar-refractivity contribution >= 4 is 40.0 Å². The fourth-order valence-electron chi connectivity index (χ4n) is 3.01. The number of nitrogens with zero attached hydrogens (tertiary/aromatic N) is 1. The Bertz CT molecular complexity index is 1220. The molecule has 7 nitrogen and oxygen atoms in total. The van der Waals surface area contributed by atoms with Gasteiger partial charge in [-0.2, -0.15) is 0 Å². The van der Waals surface area contributed by atoms with E-state index in [2.05, 4.69) is 15.6 Å². The molecule has 1 aromatic heterocycles. The summed E-state index contributed by atoms with van der Waals surface area (Å²) in [5.41, 5.74) is 3.49. The van der Waals surface area contributed by atoms with Gasteiger partial charge in [0.25, 0.3) is 5.91 Å². The molecule has 0 fully saturated rings. The number of carbonyl (C=O) groups is 1. The molecule has 0 bridgehead atoms. The molecule has 0 spiro atoms. The quantitative estimate of drug-likeness (QED) is 0.444. The van der Waals surface area contributed by atoms with E-state index in [1.165, 1.54) is 14.2 Å². The normalized spacial score (nSPS) is 10.5. The highest BCUT2D eigenvalue weighted by Gasteiger charge is 2.13. The van der Waals surface area contributed by atoms with Crippen molar-refractivity contribution in [1.29, 1.82) is 0 Å². The van der Waals surface area contributed by atoms with Gasteiger partial charge in [0.05, 0.1) is 14.2 Å². The average Bonchev–Trinajstić information content (AvgIpc) is 3.23. The molecule has 156 valence electrons. The first kappa shape index (κ1) is 20.4. The van der Waals surface area contributed by atoms with Crippen LogP contribution >= 0.6 is 12.2 Å². The Balaban J connectivity index is 1.41. The molecule has 4 aromatic rings. The number of hydrogen-bond donors (Lipinski definition) is 2. The van der Waals surface area contributed by atoms with E-state index in [1.807, 2.05) is 48.5 Å². The van der Waals surface area contributed by atoms with E-state index < -0.39 is 0 Å². The lowest BCUT2D eigenvalue weighted by Gasteiger charge is -2.12. The second-order valence-corrected chi connectivity index (χ2v) is 6.95. The second kappa shape index (κ2) is 8.85. The molecule has 0 aliphatic rings. The Morgan fingerprint density at radius 3 is 2.42 bits per heavy atom. The number of para-hydroxylation sites is 2. The van der Waals surface area contributed by atoms with E-state index in [4.69, 9.17) is 26.1 Å². The van der Waals surface area contributed by atoms with Crippen LogP contribution in [0, 0.1) is 0 Å². The molecule has 2 N–H and O–H groups in total. The highest BCUT2D eigenvalue weighted by molar-refractivity contribution is 7.80. The summed E-state index contributed by atoms with van der Waals surface area (Å²) in [6.45, 7) is 0. The molecule has 0 unspecified atom stereocenters. The summed E-state index contributed by atoms with van der Waals surface area (Å²) in [5, 5.41) is 5.82. The fraction of sp³-hybridized carbons (Fsp3) is 0.0870.